The lowest BCUT2D eigenvalue weighted by atomic mass is 10.0. The van der Waals surface area contributed by atoms with Crippen LogP contribution in [0.4, 0.5) is 0 Å². The Morgan fingerprint density at radius 1 is 0.880 bits per heavy atom. The maximum atomic E-state index is 12.8. The quantitative estimate of drug-likeness (QED) is 0.538. The van der Waals surface area contributed by atoms with Crippen LogP contribution in [-0.2, 0) is 6.42 Å². The highest BCUT2D eigenvalue weighted by atomic mass is 16.3. The normalized spacial score (nSPS) is 11.2. The van der Waals surface area contributed by atoms with Crippen molar-refractivity contribution in [3.63, 3.8) is 0 Å². The van der Waals surface area contributed by atoms with Crippen molar-refractivity contribution in [3.8, 4) is 11.5 Å². The molecule has 124 valence electrons. The number of fused-ring (bicyclic) bond motifs is 2. The van der Waals surface area contributed by atoms with Crippen LogP contribution in [0.1, 0.15) is 16.7 Å². The lowest BCUT2D eigenvalue weighted by molar-refractivity contribution is 0.470. The molecule has 0 spiro atoms. The number of para-hydroxylation sites is 1. The third kappa shape index (κ3) is 2.52. The van der Waals surface area contributed by atoms with Gasteiger partial charge in [-0.3, -0.25) is 4.79 Å². The Morgan fingerprint density at radius 3 is 2.36 bits per heavy atom. The van der Waals surface area contributed by atoms with Gasteiger partial charge < -0.3 is 14.6 Å². The van der Waals surface area contributed by atoms with Gasteiger partial charge >= 0.3 is 0 Å². The first-order chi connectivity index (χ1) is 12.0. The van der Waals surface area contributed by atoms with Gasteiger partial charge in [-0.1, -0.05) is 24.3 Å². The van der Waals surface area contributed by atoms with Gasteiger partial charge in [0.2, 0.25) is 5.43 Å². The van der Waals surface area contributed by atoms with Gasteiger partial charge in [0.1, 0.15) is 22.7 Å². The maximum absolute atomic E-state index is 12.8. The molecule has 0 aliphatic heterocycles. The number of hydrogen-bond donors (Lipinski definition) is 2. The number of aromatic hydroxyl groups is 2. The van der Waals surface area contributed by atoms with Crippen molar-refractivity contribution in [1.82, 2.24) is 0 Å². The summed E-state index contributed by atoms with van der Waals surface area (Å²) in [6.07, 6.45) is 0.573. The molecule has 3 aromatic carbocycles. The fourth-order valence-corrected chi connectivity index (χ4v) is 3.10. The topological polar surface area (TPSA) is 70.7 Å². The lowest BCUT2D eigenvalue weighted by Crippen LogP contribution is -2.04. The number of benzene rings is 3. The SMILES string of the molecule is Cc1c(O)ccc2c(=O)c3cccc(Cc4ccc(O)cc4)c3oc12. The zero-order valence-corrected chi connectivity index (χ0v) is 13.6. The van der Waals surface area contributed by atoms with Gasteiger partial charge in [-0.05, 0) is 48.4 Å². The molecular weight excluding hydrogens is 316 g/mol. The molecule has 0 fully saturated rings. The van der Waals surface area contributed by atoms with Crippen molar-refractivity contribution in [2.45, 2.75) is 13.3 Å². The van der Waals surface area contributed by atoms with E-state index in [1.54, 1.807) is 31.2 Å². The first kappa shape index (κ1) is 15.3. The van der Waals surface area contributed by atoms with E-state index >= 15 is 0 Å². The van der Waals surface area contributed by atoms with Crippen LogP contribution in [0.5, 0.6) is 11.5 Å². The van der Waals surface area contributed by atoms with Crippen molar-refractivity contribution in [3.05, 3.63) is 81.5 Å². The molecule has 0 atom stereocenters. The summed E-state index contributed by atoms with van der Waals surface area (Å²) < 4.78 is 6.06. The van der Waals surface area contributed by atoms with E-state index in [9.17, 15) is 15.0 Å². The van der Waals surface area contributed by atoms with Crippen LogP contribution in [0.15, 0.2) is 63.8 Å². The van der Waals surface area contributed by atoms with Gasteiger partial charge in [-0.2, -0.15) is 0 Å². The number of rotatable bonds is 2. The standard InChI is InChI=1S/C21H16O4/c1-12-18(23)10-9-17-19(24)16-4-2-3-14(21(16)25-20(12)17)11-13-5-7-15(22)8-6-13/h2-10,22-23H,11H2,1H3. The monoisotopic (exact) mass is 332 g/mol. The molecule has 4 rings (SSSR count). The van der Waals surface area contributed by atoms with E-state index < -0.39 is 0 Å². The van der Waals surface area contributed by atoms with Gasteiger partial charge in [0.05, 0.1) is 10.8 Å². The van der Waals surface area contributed by atoms with Gasteiger partial charge in [-0.25, -0.2) is 0 Å². The van der Waals surface area contributed by atoms with E-state index in [4.69, 9.17) is 4.42 Å². The summed E-state index contributed by atoms with van der Waals surface area (Å²) in [5, 5.41) is 20.3. The third-order valence-corrected chi connectivity index (χ3v) is 4.50. The Hall–Kier alpha value is -3.27. The third-order valence-electron chi connectivity index (χ3n) is 4.50. The highest BCUT2D eigenvalue weighted by Gasteiger charge is 2.14. The Morgan fingerprint density at radius 2 is 1.60 bits per heavy atom. The number of hydrogen-bond acceptors (Lipinski definition) is 4. The van der Waals surface area contributed by atoms with Crippen LogP contribution in [0.3, 0.4) is 0 Å². The molecule has 0 saturated carbocycles. The Labute approximate surface area is 143 Å². The smallest absolute Gasteiger partial charge is 0.200 e. The Bertz CT molecular complexity index is 1150. The van der Waals surface area contributed by atoms with Gasteiger partial charge in [0.15, 0.2) is 0 Å². The van der Waals surface area contributed by atoms with E-state index in [1.165, 1.54) is 6.07 Å². The molecule has 2 N–H and O–H groups in total. The Kier molecular flexibility index (Phi) is 3.46. The van der Waals surface area contributed by atoms with Gasteiger partial charge in [-0.15, -0.1) is 0 Å². The fourth-order valence-electron chi connectivity index (χ4n) is 3.10. The summed E-state index contributed by atoms with van der Waals surface area (Å²) in [7, 11) is 0. The highest BCUT2D eigenvalue weighted by molar-refractivity contribution is 5.93. The lowest BCUT2D eigenvalue weighted by Gasteiger charge is -2.09. The molecule has 4 heteroatoms. The molecule has 4 aromatic rings. The van der Waals surface area contributed by atoms with Crippen LogP contribution in [-0.4, -0.2) is 10.2 Å². The molecular formula is C21H16O4. The molecule has 0 aliphatic rings. The van der Waals surface area contributed by atoms with Crippen molar-refractivity contribution < 1.29 is 14.6 Å². The van der Waals surface area contributed by atoms with Crippen LogP contribution in [0.25, 0.3) is 21.9 Å². The molecule has 0 bridgehead atoms. The summed E-state index contributed by atoms with van der Waals surface area (Å²) in [5.74, 6) is 0.316. The molecule has 0 unspecified atom stereocenters. The van der Waals surface area contributed by atoms with Gasteiger partial charge in [0.25, 0.3) is 0 Å². The molecule has 0 saturated heterocycles. The summed E-state index contributed by atoms with van der Waals surface area (Å²) in [6, 6.07) is 15.6. The van der Waals surface area contributed by atoms with Crippen molar-refractivity contribution in [2.75, 3.05) is 0 Å². The minimum Gasteiger partial charge on any atom is -0.508 e. The van der Waals surface area contributed by atoms with Crippen molar-refractivity contribution in [1.29, 1.82) is 0 Å². The van der Waals surface area contributed by atoms with E-state index in [0.717, 1.165) is 11.1 Å². The van der Waals surface area contributed by atoms with Crippen LogP contribution in [0.2, 0.25) is 0 Å². The molecule has 1 heterocycles. The first-order valence-electron chi connectivity index (χ1n) is 7.99. The van der Waals surface area contributed by atoms with Crippen LogP contribution < -0.4 is 5.43 Å². The van der Waals surface area contributed by atoms with Gasteiger partial charge in [0, 0.05) is 12.0 Å². The second-order valence-electron chi connectivity index (χ2n) is 6.15. The summed E-state index contributed by atoms with van der Waals surface area (Å²) in [6.45, 7) is 1.73. The summed E-state index contributed by atoms with van der Waals surface area (Å²) in [4.78, 5) is 12.8. The average molecular weight is 332 g/mol. The minimum absolute atomic E-state index is 0.103. The molecule has 4 nitrogen and oxygen atoms in total. The molecule has 1 aromatic heterocycles. The largest absolute Gasteiger partial charge is 0.508 e. The maximum Gasteiger partial charge on any atom is 0.200 e. The zero-order chi connectivity index (χ0) is 17.6. The van der Waals surface area contributed by atoms with E-state index in [-0.39, 0.29) is 16.9 Å². The first-order valence-corrected chi connectivity index (χ1v) is 7.99. The van der Waals surface area contributed by atoms with Crippen molar-refractivity contribution >= 4 is 21.9 Å². The number of aryl methyl sites for hydroxylation is 1. The van der Waals surface area contributed by atoms with Crippen molar-refractivity contribution in [2.24, 2.45) is 0 Å². The minimum atomic E-state index is -0.105. The second-order valence-corrected chi connectivity index (χ2v) is 6.15. The molecule has 0 aliphatic carbocycles. The fraction of sp³-hybridized carbons (Fsp3) is 0.0952. The molecule has 0 amide bonds. The second kappa shape index (κ2) is 5.67. The Balaban J connectivity index is 1.98. The number of phenolic OH excluding ortho intramolecular Hbond substituents is 2. The molecule has 25 heavy (non-hydrogen) atoms. The summed E-state index contributed by atoms with van der Waals surface area (Å²) >= 11 is 0. The van der Waals surface area contributed by atoms with Crippen LogP contribution in [0, 0.1) is 6.92 Å². The molecule has 0 radical (unpaired) electrons. The van der Waals surface area contributed by atoms with E-state index in [1.807, 2.05) is 24.3 Å². The predicted molar refractivity (Wildman–Crippen MR) is 97.3 cm³/mol. The summed E-state index contributed by atoms with van der Waals surface area (Å²) in [5.41, 5.74) is 3.27. The number of phenols is 2. The zero-order valence-electron chi connectivity index (χ0n) is 13.6. The van der Waals surface area contributed by atoms with E-state index in [2.05, 4.69) is 0 Å². The predicted octanol–water partition coefficient (Wildman–Crippen LogP) is 4.26. The van der Waals surface area contributed by atoms with E-state index in [0.29, 0.717) is 33.9 Å². The highest BCUT2D eigenvalue weighted by Crippen LogP contribution is 2.29. The average Bonchev–Trinajstić information content (AvgIpc) is 2.61. The van der Waals surface area contributed by atoms with Crippen LogP contribution >= 0.6 is 0 Å².